The summed E-state index contributed by atoms with van der Waals surface area (Å²) in [4.78, 5) is 26.8. The molecule has 0 fully saturated rings. The van der Waals surface area contributed by atoms with Crippen molar-refractivity contribution in [2.45, 2.75) is 19.4 Å². The summed E-state index contributed by atoms with van der Waals surface area (Å²) in [5.41, 5.74) is 0.644. The van der Waals surface area contributed by atoms with Crippen molar-refractivity contribution in [2.75, 3.05) is 0 Å². The molecule has 1 unspecified atom stereocenters. The van der Waals surface area contributed by atoms with Gasteiger partial charge in [-0.1, -0.05) is 19.1 Å². The van der Waals surface area contributed by atoms with Gasteiger partial charge in [0.2, 0.25) is 0 Å². The van der Waals surface area contributed by atoms with Crippen molar-refractivity contribution in [3.05, 3.63) is 48.0 Å². The van der Waals surface area contributed by atoms with E-state index < -0.39 is 29.5 Å². The van der Waals surface area contributed by atoms with Crippen LogP contribution < -0.4 is 5.32 Å². The van der Waals surface area contributed by atoms with E-state index in [2.05, 4.69) is 10.3 Å². The minimum Gasteiger partial charge on any atom is -0.505 e. The van der Waals surface area contributed by atoms with Gasteiger partial charge in [0.05, 0.1) is 0 Å². The summed E-state index contributed by atoms with van der Waals surface area (Å²) in [7, 11) is 0. The molecular formula is C16H15FN2O4. The van der Waals surface area contributed by atoms with Gasteiger partial charge in [0, 0.05) is 11.8 Å². The monoisotopic (exact) mass is 318 g/mol. The van der Waals surface area contributed by atoms with E-state index in [0.717, 1.165) is 0 Å². The Morgan fingerprint density at radius 3 is 2.61 bits per heavy atom. The molecule has 3 N–H and O–H groups in total. The third-order valence-electron chi connectivity index (χ3n) is 3.25. The maximum absolute atomic E-state index is 13.2. The highest BCUT2D eigenvalue weighted by Gasteiger charge is 2.21. The van der Waals surface area contributed by atoms with E-state index in [1.165, 1.54) is 30.5 Å². The van der Waals surface area contributed by atoms with Gasteiger partial charge in [0.1, 0.15) is 17.6 Å². The molecule has 0 saturated carbocycles. The number of carboxylic acids is 1. The molecule has 7 heteroatoms. The molecule has 1 heterocycles. The van der Waals surface area contributed by atoms with Crippen molar-refractivity contribution in [2.24, 2.45) is 0 Å². The maximum Gasteiger partial charge on any atom is 0.326 e. The largest absolute Gasteiger partial charge is 0.505 e. The topological polar surface area (TPSA) is 99.5 Å². The van der Waals surface area contributed by atoms with Gasteiger partial charge >= 0.3 is 5.97 Å². The SMILES string of the molecule is CCC(NC(=O)c1ncc(-c2cccc(F)c2)cc1O)C(=O)O. The normalized spacial score (nSPS) is 11.7. The molecule has 0 radical (unpaired) electrons. The Labute approximate surface area is 131 Å². The molecule has 2 rings (SSSR count). The van der Waals surface area contributed by atoms with E-state index in [4.69, 9.17) is 5.11 Å². The number of carbonyl (C=O) groups excluding carboxylic acids is 1. The van der Waals surface area contributed by atoms with Crippen LogP contribution in [0.25, 0.3) is 11.1 Å². The smallest absolute Gasteiger partial charge is 0.326 e. The van der Waals surface area contributed by atoms with E-state index in [1.807, 2.05) is 0 Å². The van der Waals surface area contributed by atoms with Crippen molar-refractivity contribution >= 4 is 11.9 Å². The molecule has 23 heavy (non-hydrogen) atoms. The van der Waals surface area contributed by atoms with Gasteiger partial charge in [-0.3, -0.25) is 4.79 Å². The first-order valence-electron chi connectivity index (χ1n) is 6.91. The van der Waals surface area contributed by atoms with E-state index in [1.54, 1.807) is 13.0 Å². The lowest BCUT2D eigenvalue weighted by Gasteiger charge is -2.12. The Morgan fingerprint density at radius 2 is 2.04 bits per heavy atom. The summed E-state index contributed by atoms with van der Waals surface area (Å²) in [5, 5.41) is 21.1. The highest BCUT2D eigenvalue weighted by molar-refractivity contribution is 5.97. The van der Waals surface area contributed by atoms with Crippen LogP contribution in [0, 0.1) is 5.82 Å². The quantitative estimate of drug-likeness (QED) is 0.784. The number of rotatable bonds is 5. The van der Waals surface area contributed by atoms with Crippen molar-refractivity contribution in [3.8, 4) is 16.9 Å². The van der Waals surface area contributed by atoms with Gasteiger partial charge in [0.25, 0.3) is 5.91 Å². The number of nitrogens with one attached hydrogen (secondary N) is 1. The molecule has 1 amide bonds. The number of nitrogens with zero attached hydrogens (tertiary/aromatic N) is 1. The Bertz CT molecular complexity index is 749. The lowest BCUT2D eigenvalue weighted by Crippen LogP contribution is -2.40. The van der Waals surface area contributed by atoms with E-state index >= 15 is 0 Å². The first-order chi connectivity index (χ1) is 10.9. The molecule has 0 bridgehead atoms. The Morgan fingerprint density at radius 1 is 1.30 bits per heavy atom. The number of aromatic nitrogens is 1. The summed E-state index contributed by atoms with van der Waals surface area (Å²) in [6.07, 6.45) is 1.51. The number of aromatic hydroxyl groups is 1. The van der Waals surface area contributed by atoms with Crippen LogP contribution in [0.2, 0.25) is 0 Å². The highest BCUT2D eigenvalue weighted by Crippen LogP contribution is 2.25. The van der Waals surface area contributed by atoms with Crippen LogP contribution >= 0.6 is 0 Å². The molecule has 120 valence electrons. The third-order valence-corrected chi connectivity index (χ3v) is 3.25. The van der Waals surface area contributed by atoms with Crippen molar-refractivity contribution < 1.29 is 24.2 Å². The predicted molar refractivity (Wildman–Crippen MR) is 80.5 cm³/mol. The molecule has 2 aromatic rings. The van der Waals surface area contributed by atoms with Gasteiger partial charge in [-0.15, -0.1) is 0 Å². The fraction of sp³-hybridized carbons (Fsp3) is 0.188. The molecule has 1 atom stereocenters. The van der Waals surface area contributed by atoms with Gasteiger partial charge in [-0.05, 0) is 30.2 Å². The molecule has 0 aliphatic carbocycles. The summed E-state index contributed by atoms with van der Waals surface area (Å²) >= 11 is 0. The lowest BCUT2D eigenvalue weighted by molar-refractivity contribution is -0.139. The third kappa shape index (κ3) is 3.82. The van der Waals surface area contributed by atoms with Crippen molar-refractivity contribution in [1.82, 2.24) is 10.3 Å². The predicted octanol–water partition coefficient (Wildman–Crippen LogP) is 2.19. The second kappa shape index (κ2) is 6.87. The van der Waals surface area contributed by atoms with Crippen LogP contribution in [0.5, 0.6) is 5.75 Å². The van der Waals surface area contributed by atoms with Crippen LogP contribution in [0.3, 0.4) is 0 Å². The van der Waals surface area contributed by atoms with Crippen LogP contribution in [-0.4, -0.2) is 33.1 Å². The fourth-order valence-electron chi connectivity index (χ4n) is 2.02. The average molecular weight is 318 g/mol. The minimum absolute atomic E-state index is 0.198. The number of hydrogen-bond donors (Lipinski definition) is 3. The molecule has 0 saturated heterocycles. The number of aliphatic carboxylic acids is 1. The molecule has 1 aromatic carbocycles. The van der Waals surface area contributed by atoms with E-state index in [0.29, 0.717) is 11.1 Å². The van der Waals surface area contributed by atoms with Gasteiger partial charge < -0.3 is 15.5 Å². The number of carbonyl (C=O) groups is 2. The van der Waals surface area contributed by atoms with E-state index in [9.17, 15) is 19.1 Å². The number of carboxylic acid groups (broad SMARTS) is 1. The molecule has 0 spiro atoms. The zero-order chi connectivity index (χ0) is 17.0. The van der Waals surface area contributed by atoms with Gasteiger partial charge in [0.15, 0.2) is 5.69 Å². The number of pyridine rings is 1. The van der Waals surface area contributed by atoms with Crippen molar-refractivity contribution in [3.63, 3.8) is 0 Å². The molecular weight excluding hydrogens is 303 g/mol. The standard InChI is InChI=1S/C16H15FN2O4/c1-2-12(16(22)23)19-15(21)14-13(20)7-10(8-18-14)9-4-3-5-11(17)6-9/h3-8,12,20H,2H2,1H3,(H,19,21)(H,22,23). The van der Waals surface area contributed by atoms with Gasteiger partial charge in [-0.25, -0.2) is 14.2 Å². The fourth-order valence-corrected chi connectivity index (χ4v) is 2.02. The zero-order valence-corrected chi connectivity index (χ0v) is 12.3. The van der Waals surface area contributed by atoms with Gasteiger partial charge in [-0.2, -0.15) is 0 Å². The first kappa shape index (κ1) is 16.4. The Balaban J connectivity index is 2.26. The molecule has 6 nitrogen and oxygen atoms in total. The summed E-state index contributed by atoms with van der Waals surface area (Å²) in [6, 6.07) is 5.92. The number of benzene rings is 1. The van der Waals surface area contributed by atoms with Crippen LogP contribution in [0.1, 0.15) is 23.8 Å². The summed E-state index contributed by atoms with van der Waals surface area (Å²) < 4.78 is 13.2. The maximum atomic E-state index is 13.2. The average Bonchev–Trinajstić information content (AvgIpc) is 2.51. The first-order valence-corrected chi connectivity index (χ1v) is 6.91. The number of amides is 1. The van der Waals surface area contributed by atoms with Crippen LogP contribution in [-0.2, 0) is 4.79 Å². The minimum atomic E-state index is -1.17. The Kier molecular flexibility index (Phi) is 4.90. The number of halogens is 1. The molecule has 0 aliphatic rings. The van der Waals surface area contributed by atoms with Crippen LogP contribution in [0.4, 0.5) is 4.39 Å². The second-order valence-electron chi connectivity index (χ2n) is 4.87. The Hall–Kier alpha value is -2.96. The summed E-state index contributed by atoms with van der Waals surface area (Å²) in [6.45, 7) is 1.61. The highest BCUT2D eigenvalue weighted by atomic mass is 19.1. The molecule has 0 aliphatic heterocycles. The zero-order valence-electron chi connectivity index (χ0n) is 12.3. The second-order valence-corrected chi connectivity index (χ2v) is 4.87. The lowest BCUT2D eigenvalue weighted by atomic mass is 10.1. The van der Waals surface area contributed by atoms with Crippen LogP contribution in [0.15, 0.2) is 36.5 Å². The van der Waals surface area contributed by atoms with E-state index in [-0.39, 0.29) is 12.1 Å². The molecule has 1 aromatic heterocycles. The summed E-state index contributed by atoms with van der Waals surface area (Å²) in [5.74, 6) is -2.81. The number of hydrogen-bond acceptors (Lipinski definition) is 4. The van der Waals surface area contributed by atoms with Crippen molar-refractivity contribution in [1.29, 1.82) is 0 Å².